The number of nitrogens with two attached hydrogens (primary N) is 1. The molecule has 0 radical (unpaired) electrons. The van der Waals surface area contributed by atoms with Crippen molar-refractivity contribution in [3.63, 3.8) is 0 Å². The molecule has 4 heteroatoms. The van der Waals surface area contributed by atoms with E-state index in [0.717, 1.165) is 57.6 Å². The van der Waals surface area contributed by atoms with Crippen LogP contribution in [-0.4, -0.2) is 35.0 Å². The van der Waals surface area contributed by atoms with E-state index < -0.39 is 10.8 Å². The highest BCUT2D eigenvalue weighted by molar-refractivity contribution is 7.85. The van der Waals surface area contributed by atoms with Gasteiger partial charge in [0.2, 0.25) is 0 Å². The van der Waals surface area contributed by atoms with Crippen LogP contribution in [0, 0.1) is 0 Å². The van der Waals surface area contributed by atoms with Crippen LogP contribution in [0.25, 0.3) is 0 Å². The van der Waals surface area contributed by atoms with Crippen molar-refractivity contribution in [3.8, 4) is 0 Å². The molecule has 1 unspecified atom stereocenters. The summed E-state index contributed by atoms with van der Waals surface area (Å²) in [4.78, 5) is 0. The molecule has 0 aromatic heterocycles. The summed E-state index contributed by atoms with van der Waals surface area (Å²) in [6.07, 6.45) is 5.19. The van der Waals surface area contributed by atoms with Crippen LogP contribution in [0.5, 0.6) is 0 Å². The lowest BCUT2D eigenvalue weighted by Crippen LogP contribution is -2.26. The van der Waals surface area contributed by atoms with Crippen LogP contribution in [0.1, 0.15) is 32.1 Å². The first kappa shape index (κ1) is 12.1. The van der Waals surface area contributed by atoms with Crippen molar-refractivity contribution in [1.29, 1.82) is 0 Å². The van der Waals surface area contributed by atoms with Crippen molar-refractivity contribution < 1.29 is 8.95 Å². The third kappa shape index (κ3) is 4.53. The fraction of sp³-hybridized carbons (Fsp3) is 1.00. The van der Waals surface area contributed by atoms with Gasteiger partial charge in [-0.2, -0.15) is 0 Å². The number of hydrogen-bond donors (Lipinski definition) is 1. The zero-order valence-corrected chi connectivity index (χ0v) is 9.56. The van der Waals surface area contributed by atoms with E-state index in [0.29, 0.717) is 5.25 Å². The fourth-order valence-electron chi connectivity index (χ4n) is 1.67. The molecule has 1 rings (SSSR count). The van der Waals surface area contributed by atoms with Gasteiger partial charge < -0.3 is 10.5 Å². The van der Waals surface area contributed by atoms with Crippen LogP contribution in [0.15, 0.2) is 0 Å². The van der Waals surface area contributed by atoms with Gasteiger partial charge in [-0.25, -0.2) is 0 Å². The van der Waals surface area contributed by atoms with E-state index in [1.54, 1.807) is 0 Å². The summed E-state index contributed by atoms with van der Waals surface area (Å²) in [6, 6.07) is 0. The van der Waals surface area contributed by atoms with Crippen LogP contribution >= 0.6 is 0 Å². The summed E-state index contributed by atoms with van der Waals surface area (Å²) in [5, 5.41) is 0.390. The van der Waals surface area contributed by atoms with Crippen molar-refractivity contribution in [2.75, 3.05) is 25.5 Å². The number of ether oxygens (including phenoxy) is 1. The van der Waals surface area contributed by atoms with E-state index in [9.17, 15) is 4.21 Å². The molecule has 0 aromatic carbocycles. The van der Waals surface area contributed by atoms with Crippen molar-refractivity contribution in [3.05, 3.63) is 0 Å². The first-order valence-electron chi connectivity index (χ1n) is 5.49. The number of hydrogen-bond acceptors (Lipinski definition) is 3. The Morgan fingerprint density at radius 1 is 1.21 bits per heavy atom. The van der Waals surface area contributed by atoms with E-state index in [1.807, 2.05) is 0 Å². The summed E-state index contributed by atoms with van der Waals surface area (Å²) in [5.74, 6) is 0.852. The molecule has 14 heavy (non-hydrogen) atoms. The molecular weight excluding hydrogens is 198 g/mol. The Kier molecular flexibility index (Phi) is 6.39. The van der Waals surface area contributed by atoms with Crippen LogP contribution in [0.3, 0.4) is 0 Å². The van der Waals surface area contributed by atoms with E-state index >= 15 is 0 Å². The quantitative estimate of drug-likeness (QED) is 0.679. The molecule has 1 atom stereocenters. The maximum absolute atomic E-state index is 11.8. The first-order valence-corrected chi connectivity index (χ1v) is 6.88. The van der Waals surface area contributed by atoms with Gasteiger partial charge in [-0.3, -0.25) is 4.21 Å². The van der Waals surface area contributed by atoms with E-state index in [1.165, 1.54) is 0 Å². The minimum atomic E-state index is -0.631. The zero-order chi connectivity index (χ0) is 10.2. The molecule has 0 aromatic rings. The Morgan fingerprint density at radius 3 is 2.57 bits per heavy atom. The van der Waals surface area contributed by atoms with Crippen LogP contribution < -0.4 is 5.73 Å². The molecule has 1 heterocycles. The van der Waals surface area contributed by atoms with Crippen LogP contribution in [0.4, 0.5) is 0 Å². The second kappa shape index (κ2) is 7.37. The van der Waals surface area contributed by atoms with Crippen molar-refractivity contribution in [1.82, 2.24) is 0 Å². The molecule has 1 saturated heterocycles. The third-order valence-corrected chi connectivity index (χ3v) is 4.50. The lowest BCUT2D eigenvalue weighted by molar-refractivity contribution is 0.0992. The Balaban J connectivity index is 2.07. The van der Waals surface area contributed by atoms with Gasteiger partial charge in [-0.1, -0.05) is 6.42 Å². The summed E-state index contributed by atoms with van der Waals surface area (Å²) < 4.78 is 17.0. The van der Waals surface area contributed by atoms with Gasteiger partial charge in [0, 0.05) is 35.0 Å². The zero-order valence-electron chi connectivity index (χ0n) is 8.74. The summed E-state index contributed by atoms with van der Waals surface area (Å²) in [5.41, 5.74) is 5.40. The first-order chi connectivity index (χ1) is 6.84. The molecule has 1 fully saturated rings. The van der Waals surface area contributed by atoms with Crippen molar-refractivity contribution >= 4 is 10.8 Å². The van der Waals surface area contributed by atoms with Gasteiger partial charge in [0.15, 0.2) is 0 Å². The SMILES string of the molecule is NCCCCCS(=O)C1CCOCC1. The lowest BCUT2D eigenvalue weighted by Gasteiger charge is -2.21. The molecule has 2 N–H and O–H groups in total. The maximum Gasteiger partial charge on any atom is 0.0477 e. The summed E-state index contributed by atoms with van der Waals surface area (Å²) in [7, 11) is -0.631. The van der Waals surface area contributed by atoms with Crippen LogP contribution in [0.2, 0.25) is 0 Å². The second-order valence-corrected chi connectivity index (χ2v) is 5.58. The standard InChI is InChI=1S/C10H21NO2S/c11-6-2-1-3-9-14(12)10-4-7-13-8-5-10/h10H,1-9,11H2. The topological polar surface area (TPSA) is 52.3 Å². The Hall–Kier alpha value is 0.0700. The third-order valence-electron chi connectivity index (χ3n) is 2.59. The minimum Gasteiger partial charge on any atom is -0.381 e. The molecule has 1 aliphatic rings. The normalized spacial score (nSPS) is 20.9. The van der Waals surface area contributed by atoms with Crippen molar-refractivity contribution in [2.45, 2.75) is 37.4 Å². The highest BCUT2D eigenvalue weighted by Gasteiger charge is 2.19. The molecule has 84 valence electrons. The average Bonchev–Trinajstić information content (AvgIpc) is 2.25. The van der Waals surface area contributed by atoms with Gasteiger partial charge in [-0.05, 0) is 32.2 Å². The Labute approximate surface area is 88.8 Å². The molecule has 0 saturated carbocycles. The van der Waals surface area contributed by atoms with Gasteiger partial charge in [0.1, 0.15) is 0 Å². The molecule has 3 nitrogen and oxygen atoms in total. The van der Waals surface area contributed by atoms with Gasteiger partial charge in [0.05, 0.1) is 0 Å². The molecule has 0 bridgehead atoms. The van der Waals surface area contributed by atoms with Gasteiger partial charge in [-0.15, -0.1) is 0 Å². The largest absolute Gasteiger partial charge is 0.381 e. The predicted octanol–water partition coefficient (Wildman–Crippen LogP) is 1.04. The molecule has 1 aliphatic heterocycles. The Bertz CT molecular complexity index is 170. The molecule has 0 aliphatic carbocycles. The minimum absolute atomic E-state index is 0.390. The molecule has 0 spiro atoms. The number of unbranched alkanes of at least 4 members (excludes halogenated alkanes) is 2. The fourth-order valence-corrected chi connectivity index (χ4v) is 3.21. The molecular formula is C10H21NO2S. The second-order valence-electron chi connectivity index (χ2n) is 3.75. The molecule has 0 amide bonds. The number of rotatable bonds is 6. The summed E-state index contributed by atoms with van der Waals surface area (Å²) >= 11 is 0. The lowest BCUT2D eigenvalue weighted by atomic mass is 10.2. The van der Waals surface area contributed by atoms with E-state index in [-0.39, 0.29) is 0 Å². The monoisotopic (exact) mass is 219 g/mol. The predicted molar refractivity (Wildman–Crippen MR) is 59.8 cm³/mol. The maximum atomic E-state index is 11.8. The average molecular weight is 219 g/mol. The van der Waals surface area contributed by atoms with Gasteiger partial charge >= 0.3 is 0 Å². The highest BCUT2D eigenvalue weighted by Crippen LogP contribution is 2.14. The summed E-state index contributed by atoms with van der Waals surface area (Å²) in [6.45, 7) is 2.34. The smallest absolute Gasteiger partial charge is 0.0477 e. The highest BCUT2D eigenvalue weighted by atomic mass is 32.2. The van der Waals surface area contributed by atoms with Crippen molar-refractivity contribution in [2.24, 2.45) is 5.73 Å². The van der Waals surface area contributed by atoms with E-state index in [2.05, 4.69) is 0 Å². The van der Waals surface area contributed by atoms with E-state index in [4.69, 9.17) is 10.5 Å². The Morgan fingerprint density at radius 2 is 1.93 bits per heavy atom. The van der Waals surface area contributed by atoms with Gasteiger partial charge in [0.25, 0.3) is 0 Å². The van der Waals surface area contributed by atoms with Crippen LogP contribution in [-0.2, 0) is 15.5 Å².